The third-order valence-corrected chi connectivity index (χ3v) is 7.14. The highest BCUT2D eigenvalue weighted by Gasteiger charge is 2.49. The predicted molar refractivity (Wildman–Crippen MR) is 142 cm³/mol. The van der Waals surface area contributed by atoms with Gasteiger partial charge in [0.15, 0.2) is 0 Å². The van der Waals surface area contributed by atoms with Gasteiger partial charge in [-0.1, -0.05) is 5.57 Å². The number of hydrogen-bond donors (Lipinski definition) is 2. The molecular formula is C29H48N2O5. The van der Waals surface area contributed by atoms with Gasteiger partial charge in [-0.15, -0.1) is 18.4 Å². The molecule has 2 N–H and O–H groups in total. The minimum absolute atomic E-state index is 0.0404. The minimum atomic E-state index is -0.391. The van der Waals surface area contributed by atoms with Crippen molar-refractivity contribution in [3.8, 4) is 11.8 Å². The van der Waals surface area contributed by atoms with Crippen LogP contribution in [0, 0.1) is 29.6 Å². The third-order valence-electron chi connectivity index (χ3n) is 7.14. The fraction of sp³-hybridized carbons (Fsp3) is 0.793. The Labute approximate surface area is 218 Å². The second-order valence-electron chi connectivity index (χ2n) is 11.5. The first-order valence-electron chi connectivity index (χ1n) is 13.5. The summed E-state index contributed by atoms with van der Waals surface area (Å²) in [6.07, 6.45) is 6.40. The van der Waals surface area contributed by atoms with Crippen LogP contribution in [-0.2, 0) is 19.0 Å². The lowest BCUT2D eigenvalue weighted by Crippen LogP contribution is -2.35. The van der Waals surface area contributed by atoms with Gasteiger partial charge in [0.1, 0.15) is 0 Å². The first-order chi connectivity index (χ1) is 17.0. The van der Waals surface area contributed by atoms with E-state index in [4.69, 9.17) is 14.2 Å². The summed E-state index contributed by atoms with van der Waals surface area (Å²) in [5, 5.41) is 5.71. The summed E-state index contributed by atoms with van der Waals surface area (Å²) in [5.41, 5.74) is 0.286. The second-order valence-corrected chi connectivity index (χ2v) is 11.5. The Morgan fingerprint density at radius 3 is 2.14 bits per heavy atom. The van der Waals surface area contributed by atoms with Gasteiger partial charge in [-0.2, -0.15) is 0 Å². The molecule has 7 nitrogen and oxygen atoms in total. The number of hydrogen-bond acceptors (Lipinski definition) is 5. The van der Waals surface area contributed by atoms with Crippen molar-refractivity contribution in [2.24, 2.45) is 17.8 Å². The van der Waals surface area contributed by atoms with Crippen LogP contribution in [0.5, 0.6) is 0 Å². The first-order valence-corrected chi connectivity index (χ1v) is 13.5. The number of nitrogens with one attached hydrogen (secondary N) is 2. The molecule has 0 bridgehead atoms. The topological polar surface area (TPSA) is 85.9 Å². The molecule has 0 heterocycles. The van der Waals surface area contributed by atoms with Crippen LogP contribution < -0.4 is 10.6 Å². The molecule has 2 atom stereocenters. The van der Waals surface area contributed by atoms with Gasteiger partial charge < -0.3 is 24.8 Å². The van der Waals surface area contributed by atoms with E-state index in [2.05, 4.69) is 29.1 Å². The average molecular weight is 505 g/mol. The van der Waals surface area contributed by atoms with E-state index in [9.17, 15) is 9.59 Å². The van der Waals surface area contributed by atoms with Gasteiger partial charge in [-0.05, 0) is 84.5 Å². The van der Waals surface area contributed by atoms with Crippen LogP contribution in [0.15, 0.2) is 12.2 Å². The van der Waals surface area contributed by atoms with Crippen molar-refractivity contribution in [2.75, 3.05) is 32.9 Å². The number of carbonyl (C=O) groups is 2. The van der Waals surface area contributed by atoms with Crippen molar-refractivity contribution in [2.45, 2.75) is 97.2 Å². The van der Waals surface area contributed by atoms with Crippen LogP contribution in [0.2, 0.25) is 0 Å². The Morgan fingerprint density at radius 1 is 0.889 bits per heavy atom. The lowest BCUT2D eigenvalue weighted by molar-refractivity contribution is -0.123. The van der Waals surface area contributed by atoms with E-state index in [0.29, 0.717) is 69.9 Å². The van der Waals surface area contributed by atoms with E-state index in [-0.39, 0.29) is 17.6 Å². The highest BCUT2D eigenvalue weighted by molar-refractivity contribution is 5.75. The fourth-order valence-electron chi connectivity index (χ4n) is 4.62. The van der Waals surface area contributed by atoms with Crippen molar-refractivity contribution in [1.82, 2.24) is 10.6 Å². The molecule has 2 aliphatic carbocycles. The molecule has 7 heteroatoms. The maximum atomic E-state index is 12.1. The number of amides is 2. The number of fused-ring (bicyclic) bond motifs is 1. The van der Waals surface area contributed by atoms with Crippen LogP contribution in [-0.4, -0.2) is 56.1 Å². The summed E-state index contributed by atoms with van der Waals surface area (Å²) in [6, 6.07) is 0. The Morgan fingerprint density at radius 2 is 1.50 bits per heavy atom. The molecule has 0 aromatic heterocycles. The van der Waals surface area contributed by atoms with E-state index in [0.717, 1.165) is 37.7 Å². The van der Waals surface area contributed by atoms with Gasteiger partial charge in [0, 0.05) is 32.4 Å². The van der Waals surface area contributed by atoms with Crippen LogP contribution in [0.4, 0.5) is 4.79 Å². The van der Waals surface area contributed by atoms with Crippen molar-refractivity contribution < 1.29 is 23.8 Å². The Bertz CT molecular complexity index is 777. The summed E-state index contributed by atoms with van der Waals surface area (Å²) in [7, 11) is 0. The standard InChI is InChI=1S/C29H48N2O5/c1-22(2)14-17-30-26(32)13-15-28(3,4)35-19-16-29(5,6)36-20-18-31-27(33)34-21-25-23-11-9-7-8-10-12-24(23)25/h23-25H,1,9-21H2,2-6H3,(H,30,32)(H,31,33). The molecule has 1 saturated carbocycles. The number of ether oxygens (including phenoxy) is 3. The molecule has 0 radical (unpaired) electrons. The Balaban J connectivity index is 1.51. The maximum Gasteiger partial charge on any atom is 0.407 e. The summed E-state index contributed by atoms with van der Waals surface area (Å²) in [5.74, 6) is 8.29. The fourth-order valence-corrected chi connectivity index (χ4v) is 4.62. The quantitative estimate of drug-likeness (QED) is 0.176. The molecule has 0 saturated heterocycles. The van der Waals surface area contributed by atoms with Gasteiger partial charge in [0.05, 0.1) is 31.0 Å². The highest BCUT2D eigenvalue weighted by Crippen LogP contribution is 2.52. The van der Waals surface area contributed by atoms with E-state index in [1.165, 1.54) is 0 Å². The zero-order valence-corrected chi connectivity index (χ0v) is 23.2. The van der Waals surface area contributed by atoms with Crippen molar-refractivity contribution in [3.05, 3.63) is 12.2 Å². The molecule has 1 fully saturated rings. The van der Waals surface area contributed by atoms with Crippen molar-refractivity contribution >= 4 is 12.0 Å². The highest BCUT2D eigenvalue weighted by atomic mass is 16.6. The molecule has 2 amide bonds. The predicted octanol–water partition coefficient (Wildman–Crippen LogP) is 5.00. The molecule has 2 unspecified atom stereocenters. The van der Waals surface area contributed by atoms with E-state index < -0.39 is 5.60 Å². The van der Waals surface area contributed by atoms with Gasteiger partial charge in [0.2, 0.25) is 5.91 Å². The van der Waals surface area contributed by atoms with Crippen LogP contribution in [0.1, 0.15) is 86.0 Å². The molecule has 204 valence electrons. The monoisotopic (exact) mass is 504 g/mol. The van der Waals surface area contributed by atoms with Crippen molar-refractivity contribution in [3.63, 3.8) is 0 Å². The Kier molecular flexibility index (Phi) is 12.3. The van der Waals surface area contributed by atoms with Gasteiger partial charge in [-0.3, -0.25) is 4.79 Å². The average Bonchev–Trinajstić information content (AvgIpc) is 3.42. The largest absolute Gasteiger partial charge is 0.449 e. The molecule has 0 spiro atoms. The van der Waals surface area contributed by atoms with Crippen LogP contribution in [0.25, 0.3) is 0 Å². The van der Waals surface area contributed by atoms with Gasteiger partial charge >= 0.3 is 6.09 Å². The second kappa shape index (κ2) is 14.6. The van der Waals surface area contributed by atoms with Gasteiger partial charge in [-0.25, -0.2) is 4.79 Å². The normalized spacial score (nSPS) is 21.2. The van der Waals surface area contributed by atoms with E-state index in [1.807, 2.05) is 34.6 Å². The molecule has 0 aromatic rings. The summed E-state index contributed by atoms with van der Waals surface area (Å²) in [6.45, 7) is 16.3. The zero-order chi connectivity index (χ0) is 26.6. The van der Waals surface area contributed by atoms with Crippen LogP contribution in [0.3, 0.4) is 0 Å². The smallest absolute Gasteiger partial charge is 0.407 e. The SMILES string of the molecule is C=C(C)CCNC(=O)CCC(C)(C)OCCC(C)(C)OCCNC(=O)OCC1C2CCC#CCCC21. The lowest BCUT2D eigenvalue weighted by Gasteiger charge is -2.29. The summed E-state index contributed by atoms with van der Waals surface area (Å²) in [4.78, 5) is 24.1. The zero-order valence-electron chi connectivity index (χ0n) is 23.2. The Hall–Kier alpha value is -2.04. The van der Waals surface area contributed by atoms with Gasteiger partial charge in [0.25, 0.3) is 0 Å². The number of alkyl carbamates (subject to hydrolysis) is 1. The summed E-state index contributed by atoms with van der Waals surface area (Å²) < 4.78 is 17.5. The molecular weight excluding hydrogens is 456 g/mol. The molecule has 2 rings (SSSR count). The van der Waals surface area contributed by atoms with Crippen LogP contribution >= 0.6 is 0 Å². The number of carbonyl (C=O) groups excluding carboxylic acids is 2. The maximum absolute atomic E-state index is 12.1. The molecule has 0 aromatic carbocycles. The third kappa shape index (κ3) is 12.3. The molecule has 2 aliphatic rings. The lowest BCUT2D eigenvalue weighted by atomic mass is 10.0. The van der Waals surface area contributed by atoms with E-state index in [1.54, 1.807) is 0 Å². The first kappa shape index (κ1) is 30.2. The molecule has 36 heavy (non-hydrogen) atoms. The molecule has 0 aliphatic heterocycles. The van der Waals surface area contributed by atoms with Crippen molar-refractivity contribution in [1.29, 1.82) is 0 Å². The van der Waals surface area contributed by atoms with E-state index >= 15 is 0 Å². The minimum Gasteiger partial charge on any atom is -0.449 e. The number of rotatable bonds is 16. The summed E-state index contributed by atoms with van der Waals surface area (Å²) >= 11 is 0.